The summed E-state index contributed by atoms with van der Waals surface area (Å²) in [5.41, 5.74) is 1.77. The van der Waals surface area contributed by atoms with Crippen LogP contribution in [0.15, 0.2) is 47.2 Å². The van der Waals surface area contributed by atoms with E-state index in [2.05, 4.69) is 20.9 Å². The molecule has 4 heteroatoms. The van der Waals surface area contributed by atoms with Crippen molar-refractivity contribution in [3.63, 3.8) is 0 Å². The van der Waals surface area contributed by atoms with Crippen LogP contribution in [0.4, 0.5) is 0 Å². The molecular weight excluding hydrogens is 294 g/mol. The molecule has 0 unspecified atom stereocenters. The molecule has 0 amide bonds. The molecule has 0 spiro atoms. The smallest absolute Gasteiger partial charge is 0.125 e. The molecule has 0 saturated carbocycles. The Morgan fingerprint density at radius 2 is 2.11 bits per heavy atom. The highest BCUT2D eigenvalue weighted by Gasteiger charge is 2.08. The van der Waals surface area contributed by atoms with E-state index in [1.165, 1.54) is 0 Å². The Kier molecular flexibility index (Phi) is 4.33. The van der Waals surface area contributed by atoms with Crippen LogP contribution in [0.5, 0.6) is 5.75 Å². The van der Waals surface area contributed by atoms with Gasteiger partial charge in [0.1, 0.15) is 12.4 Å². The lowest BCUT2D eigenvalue weighted by molar-refractivity contribution is 0.190. The zero-order valence-corrected chi connectivity index (χ0v) is 11.6. The molecule has 0 bridgehead atoms. The quantitative estimate of drug-likeness (QED) is 0.940. The van der Waals surface area contributed by atoms with Crippen LogP contribution in [0.25, 0.3) is 0 Å². The van der Waals surface area contributed by atoms with Gasteiger partial charge in [-0.15, -0.1) is 0 Å². The lowest BCUT2D eigenvalue weighted by Gasteiger charge is -2.13. The Bertz CT molecular complexity index is 529. The van der Waals surface area contributed by atoms with E-state index in [1.54, 1.807) is 19.3 Å². The first kappa shape index (κ1) is 13.1. The Balaban J connectivity index is 2.11. The van der Waals surface area contributed by atoms with Crippen molar-refractivity contribution in [1.82, 2.24) is 4.98 Å². The van der Waals surface area contributed by atoms with E-state index < -0.39 is 6.10 Å². The maximum atomic E-state index is 9.65. The van der Waals surface area contributed by atoms with Gasteiger partial charge in [-0.1, -0.05) is 18.2 Å². The average Bonchev–Trinajstić information content (AvgIpc) is 2.37. The van der Waals surface area contributed by atoms with Gasteiger partial charge in [0.2, 0.25) is 0 Å². The van der Waals surface area contributed by atoms with Gasteiger partial charge in [0.25, 0.3) is 0 Å². The average molecular weight is 308 g/mol. The molecule has 18 heavy (non-hydrogen) atoms. The summed E-state index contributed by atoms with van der Waals surface area (Å²) in [7, 11) is 0. The normalized spacial score (nSPS) is 12.2. The van der Waals surface area contributed by atoms with Crippen LogP contribution in [0.2, 0.25) is 0 Å². The summed E-state index contributed by atoms with van der Waals surface area (Å²) >= 11 is 3.37. The summed E-state index contributed by atoms with van der Waals surface area (Å²) in [4.78, 5) is 4.08. The third-order valence-corrected chi connectivity index (χ3v) is 2.96. The number of aromatic nitrogens is 1. The second-order valence-corrected chi connectivity index (χ2v) is 4.93. The number of aliphatic hydroxyl groups excluding tert-OH is 1. The van der Waals surface area contributed by atoms with E-state index in [0.29, 0.717) is 12.4 Å². The molecular formula is C14H14BrNO2. The maximum Gasteiger partial charge on any atom is 0.125 e. The fraction of sp³-hybridized carbons (Fsp3) is 0.214. The lowest BCUT2D eigenvalue weighted by atomic mass is 10.1. The van der Waals surface area contributed by atoms with Gasteiger partial charge >= 0.3 is 0 Å². The van der Waals surface area contributed by atoms with Crippen molar-refractivity contribution in [3.8, 4) is 5.75 Å². The van der Waals surface area contributed by atoms with Crippen molar-refractivity contribution >= 4 is 15.9 Å². The highest BCUT2D eigenvalue weighted by Crippen LogP contribution is 2.25. The number of halogens is 1. The summed E-state index contributed by atoms with van der Waals surface area (Å²) in [6.07, 6.45) is 2.95. The molecule has 1 atom stereocenters. The topological polar surface area (TPSA) is 42.4 Å². The maximum absolute atomic E-state index is 9.65. The monoisotopic (exact) mass is 307 g/mol. The van der Waals surface area contributed by atoms with Gasteiger partial charge in [0.05, 0.1) is 6.10 Å². The first-order valence-corrected chi connectivity index (χ1v) is 6.45. The molecule has 3 nitrogen and oxygen atoms in total. The minimum Gasteiger partial charge on any atom is -0.488 e. The zero-order chi connectivity index (χ0) is 13.0. The second kappa shape index (κ2) is 5.98. The van der Waals surface area contributed by atoms with Gasteiger partial charge in [0.15, 0.2) is 0 Å². The van der Waals surface area contributed by atoms with Crippen molar-refractivity contribution in [2.24, 2.45) is 0 Å². The van der Waals surface area contributed by atoms with Crippen molar-refractivity contribution < 1.29 is 9.84 Å². The fourth-order valence-corrected chi connectivity index (χ4v) is 2.07. The number of pyridine rings is 1. The van der Waals surface area contributed by atoms with E-state index in [9.17, 15) is 5.11 Å². The third-order valence-electron chi connectivity index (χ3n) is 2.52. The number of para-hydroxylation sites is 1. The molecule has 94 valence electrons. The number of benzene rings is 1. The summed E-state index contributed by atoms with van der Waals surface area (Å²) in [6.45, 7) is 2.15. The van der Waals surface area contributed by atoms with Crippen LogP contribution in [0.3, 0.4) is 0 Å². The Hall–Kier alpha value is -1.39. The first-order chi connectivity index (χ1) is 8.66. The van der Waals surface area contributed by atoms with E-state index in [1.807, 2.05) is 30.3 Å². The highest BCUT2D eigenvalue weighted by atomic mass is 79.9. The van der Waals surface area contributed by atoms with Crippen molar-refractivity contribution in [1.29, 1.82) is 0 Å². The Labute approximate surface area is 115 Å². The van der Waals surface area contributed by atoms with Crippen molar-refractivity contribution in [2.45, 2.75) is 19.6 Å². The van der Waals surface area contributed by atoms with Crippen molar-refractivity contribution in [2.75, 3.05) is 0 Å². The van der Waals surface area contributed by atoms with Crippen LogP contribution in [0, 0.1) is 0 Å². The molecule has 1 aromatic heterocycles. The van der Waals surface area contributed by atoms with Gasteiger partial charge < -0.3 is 9.84 Å². The highest BCUT2D eigenvalue weighted by molar-refractivity contribution is 9.10. The number of hydrogen-bond acceptors (Lipinski definition) is 3. The molecule has 1 aromatic carbocycles. The molecule has 1 heterocycles. The Morgan fingerprint density at radius 3 is 2.83 bits per heavy atom. The van der Waals surface area contributed by atoms with Crippen LogP contribution >= 0.6 is 15.9 Å². The second-order valence-electron chi connectivity index (χ2n) is 4.01. The van der Waals surface area contributed by atoms with Crippen LogP contribution < -0.4 is 4.74 Å². The largest absolute Gasteiger partial charge is 0.488 e. The molecule has 0 aliphatic rings. The zero-order valence-electron chi connectivity index (χ0n) is 10.0. The molecule has 0 aliphatic carbocycles. The van der Waals surface area contributed by atoms with Crippen molar-refractivity contribution in [3.05, 3.63) is 58.3 Å². The molecule has 0 fully saturated rings. The summed E-state index contributed by atoms with van der Waals surface area (Å²) < 4.78 is 6.64. The van der Waals surface area contributed by atoms with Gasteiger partial charge in [-0.05, 0) is 35.0 Å². The number of hydrogen-bond donors (Lipinski definition) is 1. The fourth-order valence-electron chi connectivity index (χ4n) is 1.65. The summed E-state index contributed by atoms with van der Waals surface area (Å²) in [6, 6.07) is 9.45. The SMILES string of the molecule is C[C@@H](O)c1ccccc1OCc1cncc(Br)c1. The number of nitrogens with zero attached hydrogens (tertiary/aromatic N) is 1. The van der Waals surface area contributed by atoms with Gasteiger partial charge in [-0.3, -0.25) is 4.98 Å². The minimum absolute atomic E-state index is 0.427. The summed E-state index contributed by atoms with van der Waals surface area (Å²) in [5, 5.41) is 9.65. The molecule has 0 aliphatic heterocycles. The van der Waals surface area contributed by atoms with E-state index in [-0.39, 0.29) is 0 Å². The number of ether oxygens (including phenoxy) is 1. The van der Waals surface area contributed by atoms with Crippen LogP contribution in [-0.2, 0) is 6.61 Å². The predicted molar refractivity (Wildman–Crippen MR) is 73.3 cm³/mol. The van der Waals surface area contributed by atoms with Gasteiger partial charge in [-0.2, -0.15) is 0 Å². The number of rotatable bonds is 4. The standard InChI is InChI=1S/C14H14BrNO2/c1-10(17)13-4-2-3-5-14(13)18-9-11-6-12(15)8-16-7-11/h2-8,10,17H,9H2,1H3/t10-/m1/s1. The lowest BCUT2D eigenvalue weighted by Crippen LogP contribution is -2.01. The van der Waals surface area contributed by atoms with Crippen LogP contribution in [0.1, 0.15) is 24.2 Å². The molecule has 1 N–H and O–H groups in total. The minimum atomic E-state index is -0.540. The molecule has 2 aromatic rings. The first-order valence-electron chi connectivity index (χ1n) is 5.66. The van der Waals surface area contributed by atoms with E-state index in [4.69, 9.17) is 4.74 Å². The molecule has 0 radical (unpaired) electrons. The van der Waals surface area contributed by atoms with E-state index >= 15 is 0 Å². The predicted octanol–water partition coefficient (Wildman–Crippen LogP) is 3.48. The number of aliphatic hydroxyl groups is 1. The third kappa shape index (κ3) is 3.31. The summed E-state index contributed by atoms with van der Waals surface area (Å²) in [5.74, 6) is 0.701. The van der Waals surface area contributed by atoms with Crippen LogP contribution in [-0.4, -0.2) is 10.1 Å². The van der Waals surface area contributed by atoms with Gasteiger partial charge in [-0.25, -0.2) is 0 Å². The molecule has 0 saturated heterocycles. The van der Waals surface area contributed by atoms with E-state index in [0.717, 1.165) is 15.6 Å². The Morgan fingerprint density at radius 1 is 1.33 bits per heavy atom. The molecule has 2 rings (SSSR count). The van der Waals surface area contributed by atoms with Gasteiger partial charge in [0, 0.05) is 28.0 Å².